The Balaban J connectivity index is 1.68. The Morgan fingerprint density at radius 3 is 2.56 bits per heavy atom. The molecule has 2 fully saturated rings. The molecule has 0 spiro atoms. The Morgan fingerprint density at radius 2 is 1.94 bits per heavy atom. The molecule has 8 nitrogen and oxygen atoms in total. The first-order valence-electron chi connectivity index (χ1n) is 10.5. The van der Waals surface area contributed by atoms with Crippen LogP contribution < -0.4 is 5.32 Å². The number of carbonyl (C=O) groups excluding carboxylic acids is 2. The summed E-state index contributed by atoms with van der Waals surface area (Å²) >= 11 is 0. The quantitative estimate of drug-likeness (QED) is 0.552. The third-order valence-corrected chi connectivity index (χ3v) is 8.43. The Kier molecular flexibility index (Phi) is 4.63. The minimum absolute atomic E-state index is 0.00761. The van der Waals surface area contributed by atoms with E-state index in [9.17, 15) is 18.0 Å². The van der Waals surface area contributed by atoms with Crippen molar-refractivity contribution in [2.45, 2.75) is 30.4 Å². The molecule has 0 unspecified atom stereocenters. The molecule has 2 heterocycles. The van der Waals surface area contributed by atoms with Crippen LogP contribution in [0.25, 0.3) is 22.2 Å². The number of carbonyl (C=O) groups is 2. The van der Waals surface area contributed by atoms with Gasteiger partial charge in [0.25, 0.3) is 0 Å². The molecule has 0 bridgehead atoms. The zero-order valence-corrected chi connectivity index (χ0v) is 18.6. The van der Waals surface area contributed by atoms with E-state index in [4.69, 9.17) is 4.74 Å². The number of esters is 1. The lowest BCUT2D eigenvalue weighted by Gasteiger charge is -2.17. The summed E-state index contributed by atoms with van der Waals surface area (Å²) in [5.74, 6) is -0.323. The largest absolute Gasteiger partial charge is 0.465 e. The fourth-order valence-electron chi connectivity index (χ4n) is 4.26. The second-order valence-electron chi connectivity index (χ2n) is 8.56. The number of benzene rings is 1. The van der Waals surface area contributed by atoms with Crippen LogP contribution in [0.4, 0.5) is 5.82 Å². The van der Waals surface area contributed by atoms with Crippen molar-refractivity contribution in [3.8, 4) is 11.3 Å². The minimum atomic E-state index is -3.31. The molecule has 166 valence electrons. The van der Waals surface area contributed by atoms with Crippen LogP contribution in [0, 0.1) is 5.92 Å². The van der Waals surface area contributed by atoms with Crippen LogP contribution in [-0.4, -0.2) is 43.6 Å². The summed E-state index contributed by atoms with van der Waals surface area (Å²) in [6.07, 6.45) is 5.51. The van der Waals surface area contributed by atoms with Crippen molar-refractivity contribution in [2.24, 2.45) is 5.92 Å². The van der Waals surface area contributed by atoms with Crippen molar-refractivity contribution >= 4 is 38.4 Å². The second kappa shape index (κ2) is 7.16. The first-order chi connectivity index (χ1) is 15.2. The van der Waals surface area contributed by atoms with Crippen LogP contribution in [-0.2, 0) is 24.1 Å². The zero-order chi connectivity index (χ0) is 22.7. The van der Waals surface area contributed by atoms with E-state index in [1.807, 2.05) is 24.3 Å². The second-order valence-corrected chi connectivity index (χ2v) is 10.9. The van der Waals surface area contributed by atoms with E-state index >= 15 is 0 Å². The molecule has 2 aromatic heterocycles. The normalized spacial score (nSPS) is 17.2. The SMILES string of the molecule is COC(=O)c1cnc(NC(=O)C2CC2)c2[nH]c(-c3ccccc3C3(S(C)(=O)=O)CC3)cc12. The molecule has 2 N–H and O–H groups in total. The van der Waals surface area contributed by atoms with Crippen LogP contribution >= 0.6 is 0 Å². The van der Waals surface area contributed by atoms with Gasteiger partial charge in [0.2, 0.25) is 5.91 Å². The minimum Gasteiger partial charge on any atom is -0.465 e. The molecule has 2 aliphatic carbocycles. The van der Waals surface area contributed by atoms with Gasteiger partial charge >= 0.3 is 5.97 Å². The van der Waals surface area contributed by atoms with Crippen molar-refractivity contribution in [1.29, 1.82) is 0 Å². The summed E-state index contributed by atoms with van der Waals surface area (Å²) < 4.78 is 29.1. The Hall–Kier alpha value is -3.20. The summed E-state index contributed by atoms with van der Waals surface area (Å²) in [6.45, 7) is 0. The summed E-state index contributed by atoms with van der Waals surface area (Å²) in [4.78, 5) is 32.3. The van der Waals surface area contributed by atoms with E-state index in [0.29, 0.717) is 35.3 Å². The number of fused-ring (bicyclic) bond motifs is 1. The summed E-state index contributed by atoms with van der Waals surface area (Å²) in [6, 6.07) is 9.16. The Morgan fingerprint density at radius 1 is 1.22 bits per heavy atom. The van der Waals surface area contributed by atoms with E-state index < -0.39 is 20.6 Å². The number of aromatic amines is 1. The van der Waals surface area contributed by atoms with Gasteiger partial charge < -0.3 is 15.0 Å². The lowest BCUT2D eigenvalue weighted by molar-refractivity contribution is -0.117. The molecule has 9 heteroatoms. The number of methoxy groups -OCH3 is 1. The Labute approximate surface area is 185 Å². The number of anilines is 1. The van der Waals surface area contributed by atoms with Crippen LogP contribution in [0.5, 0.6) is 0 Å². The number of hydrogen-bond donors (Lipinski definition) is 2. The summed E-state index contributed by atoms with van der Waals surface area (Å²) in [7, 11) is -2.02. The molecule has 0 saturated heterocycles. The van der Waals surface area contributed by atoms with Gasteiger partial charge in [0, 0.05) is 35.0 Å². The van der Waals surface area contributed by atoms with E-state index in [0.717, 1.165) is 24.0 Å². The third-order valence-electron chi connectivity index (χ3n) is 6.38. The predicted octanol–water partition coefficient (Wildman–Crippen LogP) is 3.40. The van der Waals surface area contributed by atoms with Crippen molar-refractivity contribution in [3.05, 3.63) is 47.7 Å². The van der Waals surface area contributed by atoms with Gasteiger partial charge in [0.1, 0.15) is 0 Å². The zero-order valence-electron chi connectivity index (χ0n) is 17.8. The molecule has 32 heavy (non-hydrogen) atoms. The number of rotatable bonds is 6. The van der Waals surface area contributed by atoms with Gasteiger partial charge in [-0.2, -0.15) is 0 Å². The lowest BCUT2D eigenvalue weighted by Crippen LogP contribution is -2.20. The van der Waals surface area contributed by atoms with Gasteiger partial charge in [-0.1, -0.05) is 24.3 Å². The molecule has 0 atom stereocenters. The molecule has 0 radical (unpaired) electrons. The number of pyridine rings is 1. The third kappa shape index (κ3) is 3.28. The van der Waals surface area contributed by atoms with Crippen LogP contribution in [0.1, 0.15) is 41.6 Å². The van der Waals surface area contributed by atoms with Gasteiger partial charge in [-0.05, 0) is 37.3 Å². The topological polar surface area (TPSA) is 118 Å². The lowest BCUT2D eigenvalue weighted by atomic mass is 10.00. The number of hydrogen-bond acceptors (Lipinski definition) is 6. The predicted molar refractivity (Wildman–Crippen MR) is 120 cm³/mol. The summed E-state index contributed by atoms with van der Waals surface area (Å²) in [5, 5.41) is 3.40. The first kappa shape index (κ1) is 20.7. The molecule has 1 amide bonds. The average molecular weight is 454 g/mol. The average Bonchev–Trinajstić information content (AvgIpc) is 3.69. The maximum absolute atomic E-state index is 12.6. The highest BCUT2D eigenvalue weighted by Crippen LogP contribution is 2.55. The monoisotopic (exact) mass is 453 g/mol. The molecular weight excluding hydrogens is 430 g/mol. The number of H-pyrrole nitrogens is 1. The number of nitrogens with zero attached hydrogens (tertiary/aromatic N) is 1. The molecule has 5 rings (SSSR count). The smallest absolute Gasteiger partial charge is 0.340 e. The molecular formula is C23H23N3O5S. The highest BCUT2D eigenvalue weighted by atomic mass is 32.2. The fraction of sp³-hybridized carbons (Fsp3) is 0.348. The number of nitrogens with one attached hydrogen (secondary N) is 2. The maximum Gasteiger partial charge on any atom is 0.340 e. The van der Waals surface area contributed by atoms with E-state index in [2.05, 4.69) is 15.3 Å². The highest BCUT2D eigenvalue weighted by Gasteiger charge is 2.54. The number of amides is 1. The number of ether oxygens (including phenoxy) is 1. The van der Waals surface area contributed by atoms with Crippen LogP contribution in [0.2, 0.25) is 0 Å². The van der Waals surface area contributed by atoms with Gasteiger partial charge in [-0.3, -0.25) is 4.79 Å². The van der Waals surface area contributed by atoms with Crippen LogP contribution in [0.15, 0.2) is 36.5 Å². The van der Waals surface area contributed by atoms with E-state index in [1.165, 1.54) is 19.6 Å². The fourth-order valence-corrected chi connectivity index (χ4v) is 5.68. The first-order valence-corrected chi connectivity index (χ1v) is 12.3. The van der Waals surface area contributed by atoms with Crippen molar-refractivity contribution in [3.63, 3.8) is 0 Å². The molecule has 2 saturated carbocycles. The van der Waals surface area contributed by atoms with E-state index in [-0.39, 0.29) is 17.4 Å². The maximum atomic E-state index is 12.6. The van der Waals surface area contributed by atoms with Crippen LogP contribution in [0.3, 0.4) is 0 Å². The molecule has 0 aliphatic heterocycles. The summed E-state index contributed by atoms with van der Waals surface area (Å²) in [5.41, 5.74) is 2.87. The number of sulfone groups is 1. The number of aromatic nitrogens is 2. The Bertz CT molecular complexity index is 1370. The van der Waals surface area contributed by atoms with Crippen molar-refractivity contribution in [1.82, 2.24) is 9.97 Å². The van der Waals surface area contributed by atoms with Gasteiger partial charge in [-0.15, -0.1) is 0 Å². The highest BCUT2D eigenvalue weighted by molar-refractivity contribution is 7.92. The molecule has 1 aromatic carbocycles. The van der Waals surface area contributed by atoms with Crippen molar-refractivity contribution < 1.29 is 22.7 Å². The van der Waals surface area contributed by atoms with Crippen molar-refractivity contribution in [2.75, 3.05) is 18.7 Å². The van der Waals surface area contributed by atoms with E-state index in [1.54, 1.807) is 6.07 Å². The standard InChI is InChI=1S/C23H23N3O5S/c1-31-22(28)16-12-24-20(26-21(27)13-7-8-13)19-15(16)11-18(25-19)14-5-3-4-6-17(14)23(9-10-23)32(2,29)30/h3-6,11-13,25H,7-10H2,1-2H3,(H,24,26,27). The molecule has 3 aromatic rings. The van der Waals surface area contributed by atoms with Gasteiger partial charge in [-0.25, -0.2) is 18.2 Å². The van der Waals surface area contributed by atoms with Gasteiger partial charge in [0.15, 0.2) is 15.7 Å². The molecule has 2 aliphatic rings. The van der Waals surface area contributed by atoms with Gasteiger partial charge in [0.05, 0.1) is 22.9 Å².